The third kappa shape index (κ3) is 4.09. The highest BCUT2D eigenvalue weighted by Gasteiger charge is 2.08. The van der Waals surface area contributed by atoms with Crippen molar-refractivity contribution < 1.29 is 4.74 Å². The van der Waals surface area contributed by atoms with Crippen molar-refractivity contribution in [2.45, 2.75) is 26.5 Å². The summed E-state index contributed by atoms with van der Waals surface area (Å²) in [6.45, 7) is 5.56. The van der Waals surface area contributed by atoms with Gasteiger partial charge in [-0.1, -0.05) is 46.3 Å². The smallest absolute Gasteiger partial charge is 0.0736 e. The summed E-state index contributed by atoms with van der Waals surface area (Å²) in [5.74, 6) is 0. The van der Waals surface area contributed by atoms with Crippen molar-refractivity contribution >= 4 is 21.6 Å². The minimum atomic E-state index is 0.246. The van der Waals surface area contributed by atoms with Crippen LogP contribution >= 0.6 is 15.9 Å². The predicted molar refractivity (Wildman–Crippen MR) is 88.0 cm³/mol. The zero-order valence-corrected chi connectivity index (χ0v) is 13.5. The Morgan fingerprint density at radius 1 is 1.15 bits per heavy atom. The van der Waals surface area contributed by atoms with Gasteiger partial charge in [0.05, 0.1) is 6.61 Å². The summed E-state index contributed by atoms with van der Waals surface area (Å²) in [6, 6.07) is 16.9. The number of para-hydroxylation sites is 1. The molecule has 0 amide bonds. The van der Waals surface area contributed by atoms with Crippen LogP contribution in [0.3, 0.4) is 0 Å². The van der Waals surface area contributed by atoms with E-state index in [4.69, 9.17) is 4.74 Å². The van der Waals surface area contributed by atoms with Gasteiger partial charge in [-0.3, -0.25) is 0 Å². The summed E-state index contributed by atoms with van der Waals surface area (Å²) in [5, 5.41) is 3.56. The summed E-state index contributed by atoms with van der Waals surface area (Å²) in [6.07, 6.45) is 0. The maximum Gasteiger partial charge on any atom is 0.0736 e. The number of anilines is 1. The van der Waals surface area contributed by atoms with E-state index in [1.165, 1.54) is 11.1 Å². The highest BCUT2D eigenvalue weighted by Crippen LogP contribution is 2.24. The largest absolute Gasteiger partial charge is 0.378 e. The molecule has 106 valence electrons. The molecule has 0 saturated heterocycles. The van der Waals surface area contributed by atoms with Crippen LogP contribution in [0.4, 0.5) is 5.69 Å². The van der Waals surface area contributed by atoms with Crippen LogP contribution in [0, 0.1) is 0 Å². The monoisotopic (exact) mass is 333 g/mol. The highest BCUT2D eigenvalue weighted by molar-refractivity contribution is 9.10. The van der Waals surface area contributed by atoms with Gasteiger partial charge in [-0.15, -0.1) is 0 Å². The van der Waals surface area contributed by atoms with Crippen molar-refractivity contribution in [3.05, 3.63) is 64.1 Å². The van der Waals surface area contributed by atoms with Gasteiger partial charge in [0.15, 0.2) is 0 Å². The molecule has 20 heavy (non-hydrogen) atoms. The molecule has 0 spiro atoms. The summed E-state index contributed by atoms with van der Waals surface area (Å²) in [5.41, 5.74) is 3.58. The van der Waals surface area contributed by atoms with E-state index in [0.29, 0.717) is 6.61 Å². The molecule has 2 rings (SSSR count). The molecule has 1 N–H and O–H groups in total. The van der Waals surface area contributed by atoms with Gasteiger partial charge in [0.1, 0.15) is 0 Å². The number of halogens is 1. The number of hydrogen-bond donors (Lipinski definition) is 1. The topological polar surface area (TPSA) is 21.3 Å². The molecule has 0 saturated carbocycles. The predicted octanol–water partition coefficient (Wildman–Crippen LogP) is 5.16. The number of rotatable bonds is 6. The van der Waals surface area contributed by atoms with Crippen molar-refractivity contribution in [1.82, 2.24) is 0 Å². The average Bonchev–Trinajstić information content (AvgIpc) is 2.46. The number of nitrogens with one attached hydrogen (secondary N) is 1. The Hall–Kier alpha value is -1.32. The molecule has 1 unspecified atom stereocenters. The lowest BCUT2D eigenvalue weighted by molar-refractivity contribution is 0.134. The molecule has 0 heterocycles. The van der Waals surface area contributed by atoms with Crippen LogP contribution in [0.2, 0.25) is 0 Å². The first-order valence-electron chi connectivity index (χ1n) is 6.88. The Morgan fingerprint density at radius 2 is 1.95 bits per heavy atom. The standard InChI is InChI=1S/C17H20BrNO/c1-3-20-12-15-7-4-5-10-17(15)19-13(2)14-8-6-9-16(18)11-14/h4-11,13,19H,3,12H2,1-2H3. The summed E-state index contributed by atoms with van der Waals surface area (Å²) < 4.78 is 6.62. The zero-order valence-electron chi connectivity index (χ0n) is 11.9. The Labute approximate surface area is 129 Å². The number of benzene rings is 2. The van der Waals surface area contributed by atoms with Crippen LogP contribution in [-0.2, 0) is 11.3 Å². The maximum atomic E-state index is 5.52. The van der Waals surface area contributed by atoms with Crippen molar-refractivity contribution in [1.29, 1.82) is 0 Å². The second-order valence-electron chi connectivity index (χ2n) is 4.72. The Kier molecular flexibility index (Phi) is 5.62. The number of hydrogen-bond acceptors (Lipinski definition) is 2. The van der Waals surface area contributed by atoms with Gasteiger partial charge in [0.25, 0.3) is 0 Å². The van der Waals surface area contributed by atoms with E-state index in [2.05, 4.69) is 58.5 Å². The van der Waals surface area contributed by atoms with Crippen molar-refractivity contribution in [2.24, 2.45) is 0 Å². The second-order valence-corrected chi connectivity index (χ2v) is 5.63. The lowest BCUT2D eigenvalue weighted by Gasteiger charge is -2.18. The summed E-state index contributed by atoms with van der Waals surface area (Å²) >= 11 is 3.52. The van der Waals surface area contributed by atoms with E-state index in [0.717, 1.165) is 16.8 Å². The Balaban J connectivity index is 2.13. The van der Waals surface area contributed by atoms with Gasteiger partial charge in [0.2, 0.25) is 0 Å². The van der Waals surface area contributed by atoms with Crippen LogP contribution in [0.25, 0.3) is 0 Å². The number of ether oxygens (including phenoxy) is 1. The molecule has 0 bridgehead atoms. The van der Waals surface area contributed by atoms with Gasteiger partial charge in [-0.25, -0.2) is 0 Å². The first kappa shape index (κ1) is 15.1. The van der Waals surface area contributed by atoms with Crippen LogP contribution in [0.15, 0.2) is 53.0 Å². The highest BCUT2D eigenvalue weighted by atomic mass is 79.9. The van der Waals surface area contributed by atoms with E-state index in [1.807, 2.05) is 25.1 Å². The molecule has 2 nitrogen and oxygen atoms in total. The van der Waals surface area contributed by atoms with Crippen LogP contribution in [-0.4, -0.2) is 6.61 Å². The fourth-order valence-electron chi connectivity index (χ4n) is 2.09. The SMILES string of the molecule is CCOCc1ccccc1NC(C)c1cccc(Br)c1. The van der Waals surface area contributed by atoms with Crippen molar-refractivity contribution in [3.63, 3.8) is 0 Å². The van der Waals surface area contributed by atoms with E-state index in [1.54, 1.807) is 0 Å². The molecule has 2 aromatic rings. The van der Waals surface area contributed by atoms with Crippen LogP contribution < -0.4 is 5.32 Å². The molecule has 0 aliphatic rings. The molecule has 0 aliphatic carbocycles. The lowest BCUT2D eigenvalue weighted by atomic mass is 10.1. The fraction of sp³-hybridized carbons (Fsp3) is 0.294. The van der Waals surface area contributed by atoms with Gasteiger partial charge in [-0.2, -0.15) is 0 Å². The maximum absolute atomic E-state index is 5.52. The van der Waals surface area contributed by atoms with Gasteiger partial charge in [0, 0.05) is 28.4 Å². The third-order valence-electron chi connectivity index (χ3n) is 3.20. The van der Waals surface area contributed by atoms with Crippen molar-refractivity contribution in [3.8, 4) is 0 Å². The van der Waals surface area contributed by atoms with Crippen LogP contribution in [0.1, 0.15) is 31.0 Å². The third-order valence-corrected chi connectivity index (χ3v) is 3.69. The van der Waals surface area contributed by atoms with E-state index in [9.17, 15) is 0 Å². The minimum Gasteiger partial charge on any atom is -0.378 e. The molecule has 3 heteroatoms. The molecular weight excluding hydrogens is 314 g/mol. The van der Waals surface area contributed by atoms with Crippen molar-refractivity contribution in [2.75, 3.05) is 11.9 Å². The fourth-order valence-corrected chi connectivity index (χ4v) is 2.51. The van der Waals surface area contributed by atoms with Gasteiger partial charge >= 0.3 is 0 Å². The first-order valence-corrected chi connectivity index (χ1v) is 7.67. The average molecular weight is 334 g/mol. The van der Waals surface area contributed by atoms with E-state index < -0.39 is 0 Å². The first-order chi connectivity index (χ1) is 9.70. The minimum absolute atomic E-state index is 0.246. The second kappa shape index (κ2) is 7.46. The Morgan fingerprint density at radius 3 is 2.70 bits per heavy atom. The molecule has 2 aromatic carbocycles. The van der Waals surface area contributed by atoms with Gasteiger partial charge in [-0.05, 0) is 37.6 Å². The summed E-state index contributed by atoms with van der Waals surface area (Å²) in [4.78, 5) is 0. The molecule has 0 aliphatic heterocycles. The zero-order chi connectivity index (χ0) is 14.4. The molecule has 0 radical (unpaired) electrons. The van der Waals surface area contributed by atoms with E-state index >= 15 is 0 Å². The van der Waals surface area contributed by atoms with Crippen LogP contribution in [0.5, 0.6) is 0 Å². The summed E-state index contributed by atoms with van der Waals surface area (Å²) in [7, 11) is 0. The quantitative estimate of drug-likeness (QED) is 0.788. The Bertz CT molecular complexity index is 556. The van der Waals surface area contributed by atoms with Gasteiger partial charge < -0.3 is 10.1 Å². The lowest BCUT2D eigenvalue weighted by Crippen LogP contribution is -2.09. The molecule has 0 fully saturated rings. The molecule has 1 atom stereocenters. The molecular formula is C17H20BrNO. The molecule has 0 aromatic heterocycles. The normalized spacial score (nSPS) is 12.2. The van der Waals surface area contributed by atoms with E-state index in [-0.39, 0.29) is 6.04 Å².